The van der Waals surface area contributed by atoms with Crippen LogP contribution in [0.25, 0.3) is 0 Å². The molecule has 0 aliphatic carbocycles. The van der Waals surface area contributed by atoms with Crippen LogP contribution in [0.2, 0.25) is 0 Å². The largest absolute Gasteiger partial charge is 0.369 e. The van der Waals surface area contributed by atoms with Crippen molar-refractivity contribution in [2.75, 3.05) is 43.9 Å². The van der Waals surface area contributed by atoms with Crippen molar-refractivity contribution in [1.82, 2.24) is 15.3 Å². The molecule has 5 nitrogen and oxygen atoms in total. The van der Waals surface area contributed by atoms with E-state index in [1.165, 1.54) is 0 Å². The van der Waals surface area contributed by atoms with E-state index in [2.05, 4.69) is 53.3 Å². The zero-order chi connectivity index (χ0) is 14.3. The van der Waals surface area contributed by atoms with Gasteiger partial charge in [-0.25, -0.2) is 9.97 Å². The van der Waals surface area contributed by atoms with Gasteiger partial charge in [0, 0.05) is 32.7 Å². The van der Waals surface area contributed by atoms with Crippen molar-refractivity contribution >= 4 is 11.6 Å². The van der Waals surface area contributed by atoms with Gasteiger partial charge in [0.25, 0.3) is 0 Å². The third-order valence-corrected chi connectivity index (χ3v) is 2.92. The van der Waals surface area contributed by atoms with E-state index in [4.69, 9.17) is 0 Å². The average molecular weight is 265 g/mol. The molecule has 19 heavy (non-hydrogen) atoms. The zero-order valence-electron chi connectivity index (χ0n) is 12.8. The number of nitrogens with one attached hydrogen (secondary N) is 2. The minimum atomic E-state index is 0.342. The first kappa shape index (κ1) is 15.7. The number of anilines is 2. The highest BCUT2D eigenvalue weighted by Crippen LogP contribution is 2.20. The van der Waals surface area contributed by atoms with Gasteiger partial charge in [-0.3, -0.25) is 0 Å². The second-order valence-corrected chi connectivity index (χ2v) is 6.02. The van der Waals surface area contributed by atoms with Gasteiger partial charge in [0.05, 0.1) is 0 Å². The van der Waals surface area contributed by atoms with Gasteiger partial charge in [-0.1, -0.05) is 20.8 Å². The predicted octanol–water partition coefficient (Wildman–Crippen LogP) is 1.98. The Balaban J connectivity index is 2.55. The molecule has 0 radical (unpaired) electrons. The van der Waals surface area contributed by atoms with E-state index >= 15 is 0 Å². The summed E-state index contributed by atoms with van der Waals surface area (Å²) in [6.45, 7) is 9.54. The number of aromatic nitrogens is 2. The third-order valence-electron chi connectivity index (χ3n) is 2.92. The normalized spacial score (nSPS) is 11.4. The Morgan fingerprint density at radius 3 is 2.58 bits per heavy atom. The van der Waals surface area contributed by atoms with Crippen molar-refractivity contribution in [3.63, 3.8) is 0 Å². The second kappa shape index (κ2) is 7.28. The van der Waals surface area contributed by atoms with Gasteiger partial charge in [-0.2, -0.15) is 0 Å². The van der Waals surface area contributed by atoms with E-state index in [1.54, 1.807) is 6.33 Å². The summed E-state index contributed by atoms with van der Waals surface area (Å²) in [6, 6.07) is 2.00. The minimum Gasteiger partial charge on any atom is -0.369 e. The number of rotatable bonds is 7. The Kier molecular flexibility index (Phi) is 6.02. The van der Waals surface area contributed by atoms with E-state index < -0.39 is 0 Å². The molecule has 1 heterocycles. The Bertz CT molecular complexity index is 372. The van der Waals surface area contributed by atoms with Crippen molar-refractivity contribution < 1.29 is 0 Å². The van der Waals surface area contributed by atoms with Gasteiger partial charge in [-0.15, -0.1) is 0 Å². The summed E-state index contributed by atoms with van der Waals surface area (Å²) in [5.74, 6) is 1.84. The number of hydrogen-bond acceptors (Lipinski definition) is 5. The number of nitrogens with zero attached hydrogens (tertiary/aromatic N) is 3. The maximum Gasteiger partial charge on any atom is 0.133 e. The second-order valence-electron chi connectivity index (χ2n) is 6.02. The first-order valence-corrected chi connectivity index (χ1v) is 6.84. The monoisotopic (exact) mass is 265 g/mol. The lowest BCUT2D eigenvalue weighted by atomic mass is 9.92. The molecule has 0 saturated carbocycles. The van der Waals surface area contributed by atoms with Crippen molar-refractivity contribution in [3.05, 3.63) is 12.4 Å². The minimum absolute atomic E-state index is 0.342. The summed E-state index contributed by atoms with van der Waals surface area (Å²) in [5.41, 5.74) is 0.342. The van der Waals surface area contributed by atoms with Crippen LogP contribution in [0.3, 0.4) is 0 Å². The summed E-state index contributed by atoms with van der Waals surface area (Å²) in [6.07, 6.45) is 2.75. The standard InChI is InChI=1S/C14H27N5/c1-14(2,3)6-9-19(5)13-10-12(17-11-18-13)16-8-7-15-4/h10-11,15H,6-9H2,1-5H3,(H,16,17,18). The molecule has 0 aliphatic rings. The summed E-state index contributed by atoms with van der Waals surface area (Å²) < 4.78 is 0. The lowest BCUT2D eigenvalue weighted by molar-refractivity contribution is 0.381. The first-order valence-electron chi connectivity index (χ1n) is 6.84. The molecule has 0 amide bonds. The van der Waals surface area contributed by atoms with Gasteiger partial charge >= 0.3 is 0 Å². The fourth-order valence-electron chi connectivity index (χ4n) is 1.59. The van der Waals surface area contributed by atoms with Crippen molar-refractivity contribution in [2.24, 2.45) is 5.41 Å². The summed E-state index contributed by atoms with van der Waals surface area (Å²) in [4.78, 5) is 10.7. The van der Waals surface area contributed by atoms with Crippen molar-refractivity contribution in [2.45, 2.75) is 27.2 Å². The molecule has 0 atom stereocenters. The third kappa shape index (κ3) is 6.38. The Morgan fingerprint density at radius 1 is 1.21 bits per heavy atom. The molecule has 108 valence electrons. The van der Waals surface area contributed by atoms with Crippen LogP contribution < -0.4 is 15.5 Å². The predicted molar refractivity (Wildman–Crippen MR) is 81.8 cm³/mol. The molecule has 1 aromatic rings. The molecule has 1 aromatic heterocycles. The van der Waals surface area contributed by atoms with Gasteiger partial charge in [-0.05, 0) is 18.9 Å². The van der Waals surface area contributed by atoms with Gasteiger partial charge in [0.15, 0.2) is 0 Å². The number of hydrogen-bond donors (Lipinski definition) is 2. The highest BCUT2D eigenvalue weighted by atomic mass is 15.2. The highest BCUT2D eigenvalue weighted by molar-refractivity contribution is 5.47. The van der Waals surface area contributed by atoms with Crippen LogP contribution in [0.1, 0.15) is 27.2 Å². The Labute approximate surface area is 116 Å². The van der Waals surface area contributed by atoms with E-state index in [-0.39, 0.29) is 0 Å². The van der Waals surface area contributed by atoms with Crippen molar-refractivity contribution in [1.29, 1.82) is 0 Å². The van der Waals surface area contributed by atoms with Crippen molar-refractivity contribution in [3.8, 4) is 0 Å². The molecule has 0 aliphatic heterocycles. The maximum atomic E-state index is 4.33. The summed E-state index contributed by atoms with van der Waals surface area (Å²) in [7, 11) is 4.01. The SMILES string of the molecule is CNCCNc1cc(N(C)CCC(C)(C)C)ncn1. The Hall–Kier alpha value is -1.36. The molecule has 0 saturated heterocycles. The topological polar surface area (TPSA) is 53.1 Å². The fourth-order valence-corrected chi connectivity index (χ4v) is 1.59. The van der Waals surface area contributed by atoms with Crippen LogP contribution in [-0.2, 0) is 0 Å². The van der Waals surface area contributed by atoms with Gasteiger partial charge in [0.2, 0.25) is 0 Å². The molecule has 0 bridgehead atoms. The molecule has 0 unspecified atom stereocenters. The van der Waals surface area contributed by atoms with Gasteiger partial charge < -0.3 is 15.5 Å². The summed E-state index contributed by atoms with van der Waals surface area (Å²) >= 11 is 0. The molecule has 0 spiro atoms. The van der Waals surface area contributed by atoms with E-state index in [0.717, 1.165) is 37.7 Å². The van der Waals surface area contributed by atoms with Crippen LogP contribution in [0.4, 0.5) is 11.6 Å². The smallest absolute Gasteiger partial charge is 0.133 e. The van der Waals surface area contributed by atoms with Crippen LogP contribution in [-0.4, -0.2) is 43.7 Å². The quantitative estimate of drug-likeness (QED) is 0.738. The summed E-state index contributed by atoms with van der Waals surface area (Å²) in [5, 5.41) is 6.37. The molecular formula is C14H27N5. The van der Waals surface area contributed by atoms with Crippen LogP contribution in [0.15, 0.2) is 12.4 Å². The van der Waals surface area contributed by atoms with Crippen LogP contribution in [0, 0.1) is 5.41 Å². The lowest BCUT2D eigenvalue weighted by Gasteiger charge is -2.24. The molecule has 2 N–H and O–H groups in total. The molecule has 0 fully saturated rings. The van der Waals surface area contributed by atoms with E-state index in [0.29, 0.717) is 5.41 Å². The van der Waals surface area contributed by atoms with E-state index in [9.17, 15) is 0 Å². The first-order chi connectivity index (χ1) is 8.92. The fraction of sp³-hybridized carbons (Fsp3) is 0.714. The van der Waals surface area contributed by atoms with Crippen LogP contribution in [0.5, 0.6) is 0 Å². The Morgan fingerprint density at radius 2 is 1.95 bits per heavy atom. The van der Waals surface area contributed by atoms with Gasteiger partial charge in [0.1, 0.15) is 18.0 Å². The molecular weight excluding hydrogens is 238 g/mol. The molecule has 5 heteroatoms. The molecule has 0 aromatic carbocycles. The maximum absolute atomic E-state index is 4.33. The highest BCUT2D eigenvalue weighted by Gasteiger charge is 2.12. The molecule has 1 rings (SSSR count). The lowest BCUT2D eigenvalue weighted by Crippen LogP contribution is -2.24. The zero-order valence-corrected chi connectivity index (χ0v) is 12.8. The van der Waals surface area contributed by atoms with E-state index in [1.807, 2.05) is 13.1 Å². The average Bonchev–Trinajstić information content (AvgIpc) is 2.36. The number of likely N-dealkylation sites (N-methyl/N-ethyl adjacent to an activating group) is 1. The van der Waals surface area contributed by atoms with Crippen LogP contribution >= 0.6 is 0 Å².